The van der Waals surface area contributed by atoms with Gasteiger partial charge in [0.1, 0.15) is 35.8 Å². The van der Waals surface area contributed by atoms with Crippen LogP contribution in [0.15, 0.2) is 54.7 Å². The number of aromatic nitrogens is 1. The van der Waals surface area contributed by atoms with Crippen molar-refractivity contribution in [3.05, 3.63) is 65.9 Å². The number of carboxylic acid groups (broad SMARTS) is 1. The first-order valence-corrected chi connectivity index (χ1v) is 16.5. The maximum absolute atomic E-state index is 14.3. The largest absolute Gasteiger partial charge is 0.508 e. The van der Waals surface area contributed by atoms with Crippen LogP contribution in [-0.2, 0) is 41.6 Å². The molecule has 0 saturated carbocycles. The Labute approximate surface area is 287 Å². The summed E-state index contributed by atoms with van der Waals surface area (Å²) in [6, 6.07) is 9.05. The minimum Gasteiger partial charge on any atom is -0.508 e. The van der Waals surface area contributed by atoms with E-state index in [9.17, 15) is 39.0 Å². The number of H-pyrrole nitrogens is 1. The van der Waals surface area contributed by atoms with Crippen LogP contribution in [0.4, 0.5) is 0 Å². The summed E-state index contributed by atoms with van der Waals surface area (Å²) in [7, 11) is 1.45. The molecule has 1 aliphatic heterocycles. The summed E-state index contributed by atoms with van der Waals surface area (Å²) >= 11 is 5.64. The van der Waals surface area contributed by atoms with E-state index in [4.69, 9.17) is 17.3 Å². The first kappa shape index (κ1) is 36.7. The second-order valence-corrected chi connectivity index (χ2v) is 12.4. The van der Waals surface area contributed by atoms with Crippen molar-refractivity contribution in [2.75, 3.05) is 19.5 Å². The highest BCUT2D eigenvalue weighted by molar-refractivity contribution is 6.27. The number of nitrogens with two attached hydrogens (primary N) is 1. The number of primary amides is 1. The van der Waals surface area contributed by atoms with E-state index >= 15 is 0 Å². The number of carboxylic acids is 1. The lowest BCUT2D eigenvalue weighted by Crippen LogP contribution is -2.61. The zero-order valence-corrected chi connectivity index (χ0v) is 27.8. The molecule has 1 aliphatic rings. The van der Waals surface area contributed by atoms with E-state index < -0.39 is 72.0 Å². The molecule has 1 fully saturated rings. The highest BCUT2D eigenvalue weighted by Crippen LogP contribution is 2.25. The molecule has 49 heavy (non-hydrogen) atoms. The number of alkyl halides is 1. The Morgan fingerprint density at radius 3 is 2.41 bits per heavy atom. The third-order valence-corrected chi connectivity index (χ3v) is 8.96. The van der Waals surface area contributed by atoms with Crippen molar-refractivity contribution < 1.29 is 39.0 Å². The highest BCUT2D eigenvalue weighted by atomic mass is 35.5. The molecular weight excluding hydrogens is 656 g/mol. The number of likely N-dealkylation sites (tertiary alicyclic amines) is 1. The van der Waals surface area contributed by atoms with E-state index in [1.54, 1.807) is 18.3 Å². The molecular formula is C34H41ClN6O8. The molecule has 2 heterocycles. The zero-order valence-electron chi connectivity index (χ0n) is 27.1. The van der Waals surface area contributed by atoms with E-state index in [0.717, 1.165) is 16.5 Å². The minimum absolute atomic E-state index is 0.0345. The molecule has 15 heteroatoms. The molecule has 0 bridgehead atoms. The van der Waals surface area contributed by atoms with Gasteiger partial charge in [-0.1, -0.05) is 30.3 Å². The molecule has 5 amide bonds. The van der Waals surface area contributed by atoms with Crippen LogP contribution < -0.4 is 16.4 Å². The fraction of sp³-hybridized carbons (Fsp3) is 0.412. The Bertz CT molecular complexity index is 1680. The number of para-hydroxylation sites is 1. The van der Waals surface area contributed by atoms with Gasteiger partial charge in [0.2, 0.25) is 29.5 Å². The lowest BCUT2D eigenvalue weighted by Gasteiger charge is -2.40. The molecule has 0 radical (unpaired) electrons. The number of halogens is 1. The Hall–Kier alpha value is -5.11. The average molecular weight is 697 g/mol. The molecule has 3 unspecified atom stereocenters. The van der Waals surface area contributed by atoms with Crippen molar-refractivity contribution in [2.45, 2.75) is 69.1 Å². The summed E-state index contributed by atoms with van der Waals surface area (Å²) < 4.78 is 0. The van der Waals surface area contributed by atoms with Gasteiger partial charge in [0.15, 0.2) is 0 Å². The number of benzene rings is 2. The number of carbonyl (C=O) groups excluding carboxylic acids is 5. The molecule has 262 valence electrons. The Balaban J connectivity index is 1.63. The van der Waals surface area contributed by atoms with Crippen molar-refractivity contribution >= 4 is 58.0 Å². The first-order valence-electron chi connectivity index (χ1n) is 16.0. The van der Waals surface area contributed by atoms with Gasteiger partial charge in [0.25, 0.3) is 0 Å². The number of fused-ring (bicyclic) bond motifs is 1. The molecule has 1 aromatic heterocycles. The second kappa shape index (κ2) is 16.8. The number of phenolic OH excluding ortho intramolecular Hbond substituents is 1. The number of hydrogen-bond acceptors (Lipinski definition) is 7. The quantitative estimate of drug-likeness (QED) is 0.128. The number of phenols is 1. The topological polar surface area (TPSA) is 215 Å². The number of nitrogens with zero attached hydrogens (tertiary/aromatic N) is 2. The van der Waals surface area contributed by atoms with Crippen molar-refractivity contribution in [3.63, 3.8) is 0 Å². The van der Waals surface area contributed by atoms with Gasteiger partial charge >= 0.3 is 5.97 Å². The predicted molar refractivity (Wildman–Crippen MR) is 180 cm³/mol. The molecule has 3 aromatic rings. The Morgan fingerprint density at radius 1 is 1.02 bits per heavy atom. The summed E-state index contributed by atoms with van der Waals surface area (Å²) in [6.07, 6.45) is 2.69. The summed E-state index contributed by atoms with van der Waals surface area (Å²) in [6.45, 7) is 0.180. The number of nitrogens with one attached hydrogen (secondary N) is 3. The molecule has 14 nitrogen and oxygen atoms in total. The van der Waals surface area contributed by atoms with Crippen LogP contribution >= 0.6 is 11.6 Å². The molecule has 4 rings (SSSR count). The second-order valence-electron chi connectivity index (χ2n) is 12.1. The van der Waals surface area contributed by atoms with Crippen LogP contribution in [0.25, 0.3) is 10.9 Å². The maximum atomic E-state index is 14.3. The number of hydrogen-bond donors (Lipinski definition) is 6. The number of amides is 5. The number of rotatable bonds is 15. The van der Waals surface area contributed by atoms with Crippen LogP contribution in [0.3, 0.4) is 0 Å². The van der Waals surface area contributed by atoms with Crippen molar-refractivity contribution in [3.8, 4) is 5.75 Å². The molecule has 2 aromatic carbocycles. The van der Waals surface area contributed by atoms with Gasteiger partial charge in [0.05, 0.1) is 0 Å². The van der Waals surface area contributed by atoms with Gasteiger partial charge in [0, 0.05) is 50.0 Å². The third kappa shape index (κ3) is 9.50. The van der Waals surface area contributed by atoms with E-state index in [0.29, 0.717) is 18.4 Å². The van der Waals surface area contributed by atoms with Gasteiger partial charge < -0.3 is 41.4 Å². The zero-order chi connectivity index (χ0) is 35.7. The van der Waals surface area contributed by atoms with Crippen LogP contribution in [0.5, 0.6) is 5.75 Å². The lowest BCUT2D eigenvalue weighted by atomic mass is 9.96. The summed E-state index contributed by atoms with van der Waals surface area (Å²) in [5.41, 5.74) is 7.88. The minimum atomic E-state index is -1.22. The lowest BCUT2D eigenvalue weighted by molar-refractivity contribution is -0.152. The SMILES string of the molecule is CN(C(=O)[C@@H]1CCCCN1C(=O)C(CCC(=O)O)NC(=O)CCl)C(Cc1c[nH]c2ccccc12)C(=O)NC(Cc1ccc(O)cc1)C(N)=O. The van der Waals surface area contributed by atoms with Crippen LogP contribution in [0, 0.1) is 0 Å². The smallest absolute Gasteiger partial charge is 0.303 e. The Morgan fingerprint density at radius 2 is 1.73 bits per heavy atom. The average Bonchev–Trinajstić information content (AvgIpc) is 3.51. The van der Waals surface area contributed by atoms with Crippen molar-refractivity contribution in [1.82, 2.24) is 25.4 Å². The van der Waals surface area contributed by atoms with Gasteiger partial charge in [-0.15, -0.1) is 11.6 Å². The van der Waals surface area contributed by atoms with Gasteiger partial charge in [-0.05, 0) is 55.0 Å². The van der Waals surface area contributed by atoms with Crippen LogP contribution in [-0.4, -0.2) is 104 Å². The number of aromatic hydroxyl groups is 1. The summed E-state index contributed by atoms with van der Waals surface area (Å²) in [5.74, 6) is -4.82. The van der Waals surface area contributed by atoms with Gasteiger partial charge in [-0.3, -0.25) is 28.8 Å². The number of likely N-dealkylation sites (N-methyl/N-ethyl adjacent to an activating group) is 1. The van der Waals surface area contributed by atoms with Crippen LogP contribution in [0.1, 0.15) is 43.2 Å². The molecule has 7 N–H and O–H groups in total. The van der Waals surface area contributed by atoms with E-state index in [1.807, 2.05) is 24.3 Å². The number of carbonyl (C=O) groups is 6. The number of aromatic amines is 1. The standard InChI is InChI=1S/C34H41ClN6O8/c1-40(34(49)27-8-4-5-15-41(27)33(48)25(13-14-30(44)45)38-29(43)18-35)28(17-21-19-37-24-7-3-2-6-23(21)24)32(47)39-26(31(36)46)16-20-9-11-22(42)12-10-20/h2-3,6-7,9-12,19,25-28,37,42H,4-5,8,13-18H2,1H3,(H2,36,46)(H,38,43)(H,39,47)(H,44,45)/t25?,26?,27-,28?/m0/s1. The highest BCUT2D eigenvalue weighted by Gasteiger charge is 2.40. The van der Waals surface area contributed by atoms with Crippen LogP contribution in [0.2, 0.25) is 0 Å². The fourth-order valence-corrected chi connectivity index (χ4v) is 6.15. The maximum Gasteiger partial charge on any atom is 0.303 e. The molecule has 0 spiro atoms. The number of piperidine rings is 1. The van der Waals surface area contributed by atoms with E-state index in [1.165, 1.54) is 29.0 Å². The third-order valence-electron chi connectivity index (χ3n) is 8.71. The molecule has 4 atom stereocenters. The summed E-state index contributed by atoms with van der Waals surface area (Å²) in [5, 5.41) is 24.9. The molecule has 0 aliphatic carbocycles. The Kier molecular flexibility index (Phi) is 12.6. The molecule has 1 saturated heterocycles. The first-order chi connectivity index (χ1) is 23.4. The van der Waals surface area contributed by atoms with E-state index in [-0.39, 0.29) is 38.0 Å². The fourth-order valence-electron chi connectivity index (χ4n) is 6.07. The monoisotopic (exact) mass is 696 g/mol. The normalized spacial score (nSPS) is 16.3. The predicted octanol–water partition coefficient (Wildman–Crippen LogP) is 1.43. The van der Waals surface area contributed by atoms with Crippen molar-refractivity contribution in [2.24, 2.45) is 5.73 Å². The van der Waals surface area contributed by atoms with Gasteiger partial charge in [-0.25, -0.2) is 0 Å². The van der Waals surface area contributed by atoms with E-state index in [2.05, 4.69) is 15.6 Å². The van der Waals surface area contributed by atoms with Gasteiger partial charge in [-0.2, -0.15) is 0 Å². The van der Waals surface area contributed by atoms with Crippen molar-refractivity contribution in [1.29, 1.82) is 0 Å². The summed E-state index contributed by atoms with van der Waals surface area (Å²) in [4.78, 5) is 83.8. The number of aliphatic carboxylic acids is 1.